The first-order chi connectivity index (χ1) is 11.5. The lowest BCUT2D eigenvalue weighted by Gasteiger charge is -1.94. The summed E-state index contributed by atoms with van der Waals surface area (Å²) < 4.78 is 37.9. The topological polar surface area (TPSA) is 91.5 Å². The van der Waals surface area contributed by atoms with Crippen LogP contribution in [-0.4, -0.2) is 62.3 Å². The van der Waals surface area contributed by atoms with Gasteiger partial charge in [-0.25, -0.2) is 0 Å². The summed E-state index contributed by atoms with van der Waals surface area (Å²) in [4.78, 5) is 0. The number of nitrogens with one attached hydrogen (secondary N) is 3. The molecule has 0 aliphatic rings. The van der Waals surface area contributed by atoms with Gasteiger partial charge in [-0.2, -0.15) is 0 Å². The highest BCUT2D eigenvalue weighted by molar-refractivity contribution is 7.86. The van der Waals surface area contributed by atoms with Crippen LogP contribution in [0.4, 0.5) is 0 Å². The number of hydrogen-bond donors (Lipinski definition) is 3. The maximum absolute atomic E-state index is 4.83. The first-order valence-electron chi connectivity index (χ1n) is 7.24. The molecule has 3 N–H and O–H groups in total. The maximum Gasteiger partial charge on any atom is 0.420 e. The lowest BCUT2D eigenvalue weighted by atomic mass is 10.8. The molecule has 0 aromatic carbocycles. The van der Waals surface area contributed by atoms with Crippen LogP contribution in [0.5, 0.6) is 0 Å². The zero-order valence-corrected chi connectivity index (χ0v) is 19.9. The molecular formula is C12H36F3N3O6S3. The summed E-state index contributed by atoms with van der Waals surface area (Å²) in [6, 6.07) is 0. The molecule has 0 spiro atoms. The van der Waals surface area contributed by atoms with E-state index in [0.29, 0.717) is 0 Å². The van der Waals surface area contributed by atoms with Crippen molar-refractivity contribution in [2.45, 2.75) is 20.8 Å². The molecule has 0 atom stereocenters. The van der Waals surface area contributed by atoms with Gasteiger partial charge in [0.15, 0.2) is 0 Å². The molecule has 0 rings (SSSR count). The van der Waals surface area contributed by atoms with Crippen molar-refractivity contribution in [3.8, 4) is 0 Å². The Morgan fingerprint density at radius 1 is 0.444 bits per heavy atom. The Morgan fingerprint density at radius 3 is 0.630 bits per heavy atom. The summed E-state index contributed by atoms with van der Waals surface area (Å²) in [6.45, 7) is 8.59. The molecule has 0 aromatic rings. The van der Waals surface area contributed by atoms with Crippen molar-refractivity contribution >= 4 is 34.9 Å². The van der Waals surface area contributed by atoms with E-state index in [1.54, 1.807) is 42.7 Å². The van der Waals surface area contributed by atoms with Gasteiger partial charge in [-0.05, 0) is 20.8 Å². The van der Waals surface area contributed by atoms with E-state index >= 15 is 0 Å². The van der Waals surface area contributed by atoms with E-state index in [-0.39, 0.29) is 14.1 Å². The summed E-state index contributed by atoms with van der Waals surface area (Å²) in [5, 5.41) is 0. The van der Waals surface area contributed by atoms with Crippen LogP contribution in [0.15, 0.2) is 0 Å². The first-order valence-corrected chi connectivity index (χ1v) is 10.5. The predicted molar refractivity (Wildman–Crippen MR) is 105 cm³/mol. The van der Waals surface area contributed by atoms with Gasteiger partial charge in [-0.3, -0.25) is 0 Å². The van der Waals surface area contributed by atoms with Gasteiger partial charge in [0, 0.05) is 19.6 Å². The van der Waals surface area contributed by atoms with Crippen molar-refractivity contribution in [1.29, 1.82) is 0 Å². The van der Waals surface area contributed by atoms with E-state index < -0.39 is 34.9 Å². The molecule has 0 heterocycles. The van der Waals surface area contributed by atoms with Gasteiger partial charge in [0.05, 0.1) is 42.7 Å². The van der Waals surface area contributed by atoms with Crippen molar-refractivity contribution in [3.05, 3.63) is 0 Å². The van der Waals surface area contributed by atoms with E-state index in [0.717, 1.165) is 19.6 Å². The Balaban J connectivity index is -0.0000000580. The highest BCUT2D eigenvalue weighted by atomic mass is 32.2. The molecule has 27 heavy (non-hydrogen) atoms. The van der Waals surface area contributed by atoms with Gasteiger partial charge >= 0.3 is 34.9 Å². The van der Waals surface area contributed by atoms with Crippen LogP contribution < -0.4 is 28.3 Å². The second-order valence-electron chi connectivity index (χ2n) is 3.20. The molecule has 9 nitrogen and oxygen atoms in total. The molecule has 0 unspecified atom stereocenters. The van der Waals surface area contributed by atoms with Crippen LogP contribution >= 0.6 is 0 Å². The number of hydrogen-bond acceptors (Lipinski definition) is 9. The molecule has 0 fully saturated rings. The molecular weight excluding hydrogens is 435 g/mol. The normalized spacial score (nSPS) is 9.33. The summed E-state index contributed by atoms with van der Waals surface area (Å²) >= 11 is -1.47. The third kappa shape index (κ3) is 34.4. The summed E-state index contributed by atoms with van der Waals surface area (Å²) in [6.07, 6.45) is 0. The van der Waals surface area contributed by atoms with Crippen molar-refractivity contribution in [1.82, 2.24) is 14.2 Å². The number of rotatable bonds is 12. The molecule has 15 heteroatoms. The SMILES string of the molecule is CCN[S+](OC)OC.CCN[S+](OC)OC.CCN[S+](OC)OC.[F-].[F-].[F-]. The molecule has 0 aliphatic heterocycles. The maximum atomic E-state index is 4.83. The van der Waals surface area contributed by atoms with Crippen LogP contribution in [0.1, 0.15) is 20.8 Å². The minimum atomic E-state index is -0.488. The smallest absolute Gasteiger partial charge is 0.420 e. The van der Waals surface area contributed by atoms with E-state index in [1.807, 2.05) is 20.8 Å². The van der Waals surface area contributed by atoms with Crippen LogP contribution in [0, 0.1) is 0 Å². The summed E-state index contributed by atoms with van der Waals surface area (Å²) in [5.41, 5.74) is 0. The third-order valence-corrected chi connectivity index (χ3v) is 5.08. The molecule has 0 aliphatic carbocycles. The Morgan fingerprint density at radius 2 is 0.593 bits per heavy atom. The molecule has 174 valence electrons. The largest absolute Gasteiger partial charge is 1.00 e. The van der Waals surface area contributed by atoms with E-state index in [2.05, 4.69) is 14.2 Å². The molecule has 0 bridgehead atoms. The van der Waals surface area contributed by atoms with Crippen LogP contribution in [0.2, 0.25) is 0 Å². The highest BCUT2D eigenvalue weighted by Crippen LogP contribution is 1.90. The third-order valence-electron chi connectivity index (χ3n) is 1.69. The fourth-order valence-electron chi connectivity index (χ4n) is 0.911. The first kappa shape index (κ1) is 41.8. The van der Waals surface area contributed by atoms with Gasteiger partial charge in [0.2, 0.25) is 0 Å². The fourth-order valence-corrected chi connectivity index (χ4v) is 2.73. The fraction of sp³-hybridized carbons (Fsp3) is 1.00. The van der Waals surface area contributed by atoms with Gasteiger partial charge in [-0.1, -0.05) is 14.2 Å². The molecule has 0 saturated heterocycles. The lowest BCUT2D eigenvalue weighted by molar-refractivity contribution is -0.00100. The minimum Gasteiger partial charge on any atom is -1.00 e. The van der Waals surface area contributed by atoms with Crippen LogP contribution in [0.3, 0.4) is 0 Å². The molecule has 0 radical (unpaired) electrons. The average Bonchev–Trinajstić information content (AvgIpc) is 2.63. The van der Waals surface area contributed by atoms with Gasteiger partial charge in [-0.15, -0.1) is 25.1 Å². The lowest BCUT2D eigenvalue weighted by Crippen LogP contribution is -3.00. The standard InChI is InChI=1S/3C4H12NO2S.3FH/c3*1-4-5-8(6-2)7-3;;;/h3*5H,4H2,1-3H3;3*1H/q3*+1;;;/p-3. The monoisotopic (exact) mass is 471 g/mol. The Bertz CT molecular complexity index is 195. The predicted octanol–water partition coefficient (Wildman–Crippen LogP) is -8.23. The van der Waals surface area contributed by atoms with Crippen molar-refractivity contribution in [2.24, 2.45) is 0 Å². The Hall–Kier alpha value is 0.480. The van der Waals surface area contributed by atoms with Crippen molar-refractivity contribution in [3.63, 3.8) is 0 Å². The van der Waals surface area contributed by atoms with Crippen LogP contribution in [0.25, 0.3) is 0 Å². The Kier molecular flexibility index (Phi) is 57.6. The number of halogens is 3. The van der Waals surface area contributed by atoms with Crippen molar-refractivity contribution in [2.75, 3.05) is 62.3 Å². The summed E-state index contributed by atoms with van der Waals surface area (Å²) in [5.74, 6) is 0. The van der Waals surface area contributed by atoms with E-state index in [9.17, 15) is 0 Å². The molecule has 0 saturated carbocycles. The zero-order chi connectivity index (χ0) is 19.2. The van der Waals surface area contributed by atoms with Crippen LogP contribution in [-0.2, 0) is 60.0 Å². The second kappa shape index (κ2) is 37.3. The van der Waals surface area contributed by atoms with E-state index in [4.69, 9.17) is 25.1 Å². The average molecular weight is 472 g/mol. The van der Waals surface area contributed by atoms with Crippen molar-refractivity contribution < 1.29 is 39.2 Å². The van der Waals surface area contributed by atoms with Gasteiger partial charge in [0.1, 0.15) is 0 Å². The molecule has 0 aromatic heterocycles. The summed E-state index contributed by atoms with van der Waals surface area (Å²) in [7, 11) is 9.64. The molecule has 0 amide bonds. The van der Waals surface area contributed by atoms with Gasteiger partial charge < -0.3 is 14.1 Å². The Labute approximate surface area is 171 Å². The second-order valence-corrected chi connectivity index (χ2v) is 7.47. The minimum absolute atomic E-state index is 0. The highest BCUT2D eigenvalue weighted by Gasteiger charge is 2.17. The zero-order valence-electron chi connectivity index (χ0n) is 17.4. The quantitative estimate of drug-likeness (QED) is 0.240. The van der Waals surface area contributed by atoms with E-state index in [1.165, 1.54) is 0 Å². The van der Waals surface area contributed by atoms with Gasteiger partial charge in [0.25, 0.3) is 0 Å².